The molecule has 7 heteroatoms. The Morgan fingerprint density at radius 3 is 2.20 bits per heavy atom. The van der Waals surface area contributed by atoms with Crippen LogP contribution in [0.25, 0.3) is 0 Å². The maximum absolute atomic E-state index is 9.98. The lowest BCUT2D eigenvalue weighted by molar-refractivity contribution is 0.0962. The molecule has 0 aromatic rings. The first kappa shape index (κ1) is 10.2. The first-order chi connectivity index (χ1) is 4.27. The smallest absolute Gasteiger partial charge is 0.392 e. The number of aliphatic hydroxyl groups excluding tert-OH is 1. The predicted octanol–water partition coefficient (Wildman–Crippen LogP) is -0.556. The lowest BCUT2D eigenvalue weighted by atomic mass is 10.4. The van der Waals surface area contributed by atoms with E-state index in [0.29, 0.717) is 0 Å². The summed E-state index contributed by atoms with van der Waals surface area (Å²) in [5.74, 6) is 0. The zero-order valence-electron chi connectivity index (χ0n) is 5.18. The van der Waals surface area contributed by atoms with Gasteiger partial charge in [0.05, 0.1) is 6.61 Å². The van der Waals surface area contributed by atoms with Gasteiger partial charge in [0.15, 0.2) is 4.93 Å². The van der Waals surface area contributed by atoms with Gasteiger partial charge in [-0.2, -0.15) is 8.42 Å². The molecule has 0 heterocycles. The van der Waals surface area contributed by atoms with Crippen LogP contribution in [0.2, 0.25) is 0 Å². The van der Waals surface area contributed by atoms with E-state index in [4.69, 9.17) is 9.66 Å². The van der Waals surface area contributed by atoms with Crippen molar-refractivity contribution >= 4 is 23.0 Å². The Hall–Kier alpha value is 0.180. The molecule has 1 unspecified atom stereocenters. The van der Waals surface area contributed by atoms with E-state index < -0.39 is 21.9 Å². The third-order valence-corrected chi connectivity index (χ3v) is 1.51. The van der Waals surface area contributed by atoms with E-state index >= 15 is 0 Å². The number of hydrogen-bond acceptors (Lipinski definition) is 5. The van der Waals surface area contributed by atoms with E-state index in [-0.39, 0.29) is 0 Å². The van der Waals surface area contributed by atoms with Crippen molar-refractivity contribution in [2.45, 2.75) is 11.9 Å². The normalized spacial score (nSPS) is 18.4. The van der Waals surface area contributed by atoms with Crippen molar-refractivity contribution < 1.29 is 22.3 Å². The lowest BCUT2D eigenvalue weighted by Gasteiger charge is -2.17. The van der Waals surface area contributed by atoms with Gasteiger partial charge in [-0.15, -0.1) is 12.6 Å². The Balaban J connectivity index is 4.16. The van der Waals surface area contributed by atoms with Crippen molar-refractivity contribution in [2.24, 2.45) is 0 Å². The summed E-state index contributed by atoms with van der Waals surface area (Å²) in [4.78, 5) is -1.56. The Morgan fingerprint density at radius 1 is 1.70 bits per heavy atom. The minimum atomic E-state index is -4.53. The van der Waals surface area contributed by atoms with Crippen molar-refractivity contribution in [2.75, 3.05) is 6.61 Å². The Labute approximate surface area is 64.4 Å². The molecule has 0 aliphatic rings. The minimum Gasteiger partial charge on any atom is -0.392 e. The summed E-state index contributed by atoms with van der Waals surface area (Å²) in [6.07, 6.45) is 0. The molecule has 0 aromatic heterocycles. The Bertz CT molecular complexity index is 193. The van der Waals surface area contributed by atoms with E-state index in [0.717, 1.165) is 0 Å². The quantitative estimate of drug-likeness (QED) is 0.314. The van der Waals surface area contributed by atoms with Gasteiger partial charge >= 0.3 is 10.4 Å². The monoisotopic (exact) mass is 188 g/mol. The molecular weight excluding hydrogens is 180 g/mol. The molecule has 2 N–H and O–H groups in total. The fourth-order valence-electron chi connectivity index (χ4n) is 0.253. The summed E-state index contributed by atoms with van der Waals surface area (Å²) >= 11 is 3.57. The van der Waals surface area contributed by atoms with Crippen LogP contribution in [0.4, 0.5) is 0 Å². The van der Waals surface area contributed by atoms with Crippen LogP contribution in [0.5, 0.6) is 0 Å². The average Bonchev–Trinajstić information content (AvgIpc) is 1.60. The fourth-order valence-corrected chi connectivity index (χ4v) is 1.04. The van der Waals surface area contributed by atoms with Crippen molar-refractivity contribution in [3.8, 4) is 0 Å². The fraction of sp³-hybridized carbons (Fsp3) is 1.00. The van der Waals surface area contributed by atoms with Crippen LogP contribution < -0.4 is 0 Å². The molecule has 0 bridgehead atoms. The van der Waals surface area contributed by atoms with Crippen LogP contribution in [0, 0.1) is 0 Å². The van der Waals surface area contributed by atoms with Gasteiger partial charge in [-0.05, 0) is 6.92 Å². The zero-order chi connectivity index (χ0) is 8.41. The Kier molecular flexibility index (Phi) is 3.11. The van der Waals surface area contributed by atoms with Gasteiger partial charge < -0.3 is 5.11 Å². The summed E-state index contributed by atoms with van der Waals surface area (Å²) in [6, 6.07) is 0. The summed E-state index contributed by atoms with van der Waals surface area (Å²) in [5.41, 5.74) is 0. The topological polar surface area (TPSA) is 83.8 Å². The first-order valence-corrected chi connectivity index (χ1v) is 4.09. The van der Waals surface area contributed by atoms with Crippen molar-refractivity contribution in [3.05, 3.63) is 0 Å². The SMILES string of the molecule is CC(S)(CO)OS(=O)(=O)O. The minimum absolute atomic E-state index is 0.615. The predicted molar refractivity (Wildman–Crippen MR) is 37.1 cm³/mol. The summed E-state index contributed by atoms with van der Waals surface area (Å²) in [7, 11) is -4.53. The second-order valence-corrected chi connectivity index (χ2v) is 3.81. The van der Waals surface area contributed by atoms with E-state index in [1.165, 1.54) is 6.92 Å². The van der Waals surface area contributed by atoms with E-state index in [1.807, 2.05) is 0 Å². The molecule has 62 valence electrons. The van der Waals surface area contributed by atoms with Gasteiger partial charge in [-0.1, -0.05) is 0 Å². The molecule has 0 spiro atoms. The molecule has 0 radical (unpaired) electrons. The van der Waals surface area contributed by atoms with Crippen molar-refractivity contribution in [1.82, 2.24) is 0 Å². The zero-order valence-corrected chi connectivity index (χ0v) is 6.89. The molecule has 0 amide bonds. The second kappa shape index (κ2) is 3.05. The Morgan fingerprint density at radius 2 is 2.10 bits per heavy atom. The molecule has 0 aliphatic heterocycles. The standard InChI is InChI=1S/C3H8O5S2/c1-3(9,2-4)8-10(5,6)7/h4,9H,2H2,1H3,(H,5,6,7). The van der Waals surface area contributed by atoms with E-state index in [1.54, 1.807) is 0 Å². The molecule has 10 heavy (non-hydrogen) atoms. The van der Waals surface area contributed by atoms with E-state index in [2.05, 4.69) is 16.8 Å². The lowest BCUT2D eigenvalue weighted by Crippen LogP contribution is -2.29. The van der Waals surface area contributed by atoms with Crippen LogP contribution in [0.3, 0.4) is 0 Å². The highest BCUT2D eigenvalue weighted by Crippen LogP contribution is 2.16. The van der Waals surface area contributed by atoms with Crippen molar-refractivity contribution in [1.29, 1.82) is 0 Å². The summed E-state index contributed by atoms with van der Waals surface area (Å²) in [5, 5.41) is 8.38. The molecule has 0 saturated heterocycles. The molecule has 1 atom stereocenters. The summed E-state index contributed by atoms with van der Waals surface area (Å²) in [6.45, 7) is 0.583. The third-order valence-electron chi connectivity index (χ3n) is 0.578. The van der Waals surface area contributed by atoms with Crippen LogP contribution in [-0.4, -0.2) is 29.6 Å². The van der Waals surface area contributed by atoms with Gasteiger partial charge in [0.2, 0.25) is 0 Å². The van der Waals surface area contributed by atoms with Gasteiger partial charge in [0, 0.05) is 0 Å². The van der Waals surface area contributed by atoms with Crippen LogP contribution in [0.1, 0.15) is 6.92 Å². The van der Waals surface area contributed by atoms with Crippen molar-refractivity contribution in [3.63, 3.8) is 0 Å². The molecule has 0 saturated carbocycles. The number of aliphatic hydroxyl groups is 1. The van der Waals surface area contributed by atoms with E-state index in [9.17, 15) is 8.42 Å². The van der Waals surface area contributed by atoms with Gasteiger partial charge in [0.1, 0.15) is 0 Å². The third kappa shape index (κ3) is 5.00. The first-order valence-electron chi connectivity index (χ1n) is 2.28. The highest BCUT2D eigenvalue weighted by atomic mass is 32.3. The number of rotatable bonds is 3. The largest absolute Gasteiger partial charge is 0.398 e. The number of hydrogen-bond donors (Lipinski definition) is 3. The molecule has 0 aromatic carbocycles. The summed E-state index contributed by atoms with van der Waals surface area (Å²) < 4.78 is 31.9. The molecule has 0 aliphatic carbocycles. The highest BCUT2D eigenvalue weighted by molar-refractivity contribution is 7.84. The van der Waals surface area contributed by atoms with Gasteiger partial charge in [-0.3, -0.25) is 4.55 Å². The highest BCUT2D eigenvalue weighted by Gasteiger charge is 2.25. The second-order valence-electron chi connectivity index (χ2n) is 1.84. The van der Waals surface area contributed by atoms with Gasteiger partial charge in [0.25, 0.3) is 0 Å². The molecule has 0 rings (SSSR count). The van der Waals surface area contributed by atoms with Crippen LogP contribution in [0.15, 0.2) is 0 Å². The van der Waals surface area contributed by atoms with Crippen LogP contribution >= 0.6 is 12.6 Å². The maximum atomic E-state index is 9.98. The number of thiol groups is 1. The molecule has 5 nitrogen and oxygen atoms in total. The molecule has 0 fully saturated rings. The maximum Gasteiger partial charge on any atom is 0.398 e. The van der Waals surface area contributed by atoms with Crippen LogP contribution in [-0.2, 0) is 14.6 Å². The van der Waals surface area contributed by atoms with Gasteiger partial charge in [-0.25, -0.2) is 4.18 Å². The average molecular weight is 188 g/mol. The molecular formula is C3H8O5S2.